The number of hydrogen-bond acceptors (Lipinski definition) is 6. The first-order chi connectivity index (χ1) is 12.0. The van der Waals surface area contributed by atoms with E-state index < -0.39 is 0 Å². The Morgan fingerprint density at radius 1 is 1.20 bits per heavy atom. The molecule has 2 heterocycles. The minimum absolute atomic E-state index is 0.241. The second-order valence-corrected chi connectivity index (χ2v) is 6.76. The standard InChI is InChI=1S/C18H22ClN3O3/c1-10(2)25-9-11-5-12(11)13-6-16(20-8-15(13)19)14-7-21-18(24-4)22-17(14)23-3/h6-8,10-12H,5,9H2,1-4H3/t11-,12+/m1/s1. The molecule has 0 radical (unpaired) electrons. The predicted octanol–water partition coefficient (Wildman–Crippen LogP) is 3.74. The van der Waals surface area contributed by atoms with Crippen LogP contribution in [0.5, 0.6) is 11.9 Å². The van der Waals surface area contributed by atoms with E-state index in [1.54, 1.807) is 19.5 Å². The van der Waals surface area contributed by atoms with Crippen LogP contribution < -0.4 is 9.47 Å². The average molecular weight is 364 g/mol. The lowest BCUT2D eigenvalue weighted by Crippen LogP contribution is -2.06. The number of pyridine rings is 1. The summed E-state index contributed by atoms with van der Waals surface area (Å²) in [5.74, 6) is 1.32. The number of aromatic nitrogens is 3. The van der Waals surface area contributed by atoms with Gasteiger partial charge in [0.05, 0.1) is 43.2 Å². The van der Waals surface area contributed by atoms with Crippen LogP contribution in [-0.4, -0.2) is 41.9 Å². The lowest BCUT2D eigenvalue weighted by atomic mass is 10.1. The van der Waals surface area contributed by atoms with E-state index in [2.05, 4.69) is 15.0 Å². The summed E-state index contributed by atoms with van der Waals surface area (Å²) in [6.45, 7) is 4.85. The van der Waals surface area contributed by atoms with Crippen molar-refractivity contribution in [3.8, 4) is 23.1 Å². The highest BCUT2D eigenvalue weighted by atomic mass is 35.5. The van der Waals surface area contributed by atoms with E-state index in [1.807, 2.05) is 19.9 Å². The van der Waals surface area contributed by atoms with Crippen molar-refractivity contribution >= 4 is 11.6 Å². The molecule has 134 valence electrons. The minimum atomic E-state index is 0.241. The molecule has 25 heavy (non-hydrogen) atoms. The van der Waals surface area contributed by atoms with Crippen molar-refractivity contribution in [3.05, 3.63) is 29.0 Å². The zero-order valence-corrected chi connectivity index (χ0v) is 15.6. The van der Waals surface area contributed by atoms with E-state index in [1.165, 1.54) is 7.11 Å². The molecule has 1 saturated carbocycles. The molecule has 2 atom stereocenters. The Labute approximate surface area is 152 Å². The summed E-state index contributed by atoms with van der Waals surface area (Å²) in [7, 11) is 3.07. The van der Waals surface area contributed by atoms with Crippen LogP contribution in [0.4, 0.5) is 0 Å². The van der Waals surface area contributed by atoms with Crippen molar-refractivity contribution in [2.24, 2.45) is 5.92 Å². The molecule has 0 spiro atoms. The molecule has 7 heteroatoms. The highest BCUT2D eigenvalue weighted by molar-refractivity contribution is 6.31. The zero-order chi connectivity index (χ0) is 18.0. The highest BCUT2D eigenvalue weighted by Gasteiger charge is 2.40. The molecule has 6 nitrogen and oxygen atoms in total. The molecule has 0 saturated heterocycles. The maximum Gasteiger partial charge on any atom is 0.319 e. The van der Waals surface area contributed by atoms with Gasteiger partial charge in [-0.1, -0.05) is 11.6 Å². The summed E-state index contributed by atoms with van der Waals surface area (Å²) >= 11 is 6.38. The number of halogens is 1. The fraction of sp³-hybridized carbons (Fsp3) is 0.500. The molecule has 0 bridgehead atoms. The molecule has 0 unspecified atom stereocenters. The van der Waals surface area contributed by atoms with Gasteiger partial charge in [-0.25, -0.2) is 4.98 Å². The summed E-state index contributed by atoms with van der Waals surface area (Å²) in [5.41, 5.74) is 2.52. The molecule has 2 aromatic rings. The molecule has 0 amide bonds. The Kier molecular flexibility index (Phi) is 5.39. The first-order valence-corrected chi connectivity index (χ1v) is 8.63. The lowest BCUT2D eigenvalue weighted by Gasteiger charge is -2.11. The predicted molar refractivity (Wildman–Crippen MR) is 95.3 cm³/mol. The molecule has 0 aromatic carbocycles. The molecule has 0 N–H and O–H groups in total. The van der Waals surface area contributed by atoms with Crippen LogP contribution in [0.15, 0.2) is 18.5 Å². The topological polar surface area (TPSA) is 66.4 Å². The number of ether oxygens (including phenoxy) is 3. The Morgan fingerprint density at radius 2 is 2.00 bits per heavy atom. The molecule has 2 aromatic heterocycles. The van der Waals surface area contributed by atoms with Crippen molar-refractivity contribution in [2.75, 3.05) is 20.8 Å². The van der Waals surface area contributed by atoms with E-state index in [0.717, 1.165) is 24.3 Å². The van der Waals surface area contributed by atoms with E-state index in [4.69, 9.17) is 25.8 Å². The SMILES string of the molecule is COc1ncc(-c2cc([C@H]3C[C@@H]3COC(C)C)c(Cl)cn2)c(OC)n1. The molecular formula is C18H22ClN3O3. The quantitative estimate of drug-likeness (QED) is 0.746. The third-order valence-corrected chi connectivity index (χ3v) is 4.55. The van der Waals surface area contributed by atoms with Crippen molar-refractivity contribution in [3.63, 3.8) is 0 Å². The molecule has 1 aliphatic rings. The van der Waals surface area contributed by atoms with E-state index in [0.29, 0.717) is 28.3 Å². The van der Waals surface area contributed by atoms with Crippen LogP contribution in [-0.2, 0) is 4.74 Å². The van der Waals surface area contributed by atoms with Crippen LogP contribution in [0.1, 0.15) is 31.7 Å². The third-order valence-electron chi connectivity index (χ3n) is 4.23. The van der Waals surface area contributed by atoms with E-state index in [9.17, 15) is 0 Å². The number of rotatable bonds is 7. The summed E-state index contributed by atoms with van der Waals surface area (Å²) in [6.07, 6.45) is 4.64. The van der Waals surface area contributed by atoms with Crippen LogP contribution in [0.2, 0.25) is 5.02 Å². The van der Waals surface area contributed by atoms with Gasteiger partial charge in [-0.2, -0.15) is 4.98 Å². The van der Waals surface area contributed by atoms with Crippen molar-refractivity contribution in [1.29, 1.82) is 0 Å². The highest BCUT2D eigenvalue weighted by Crippen LogP contribution is 2.50. The third kappa shape index (κ3) is 4.02. The summed E-state index contributed by atoms with van der Waals surface area (Å²) in [4.78, 5) is 12.8. The second-order valence-electron chi connectivity index (χ2n) is 6.36. The van der Waals surface area contributed by atoms with Gasteiger partial charge in [-0.3, -0.25) is 4.98 Å². The van der Waals surface area contributed by atoms with Crippen LogP contribution in [0.3, 0.4) is 0 Å². The Bertz CT molecular complexity index is 754. The summed E-state index contributed by atoms with van der Waals surface area (Å²) in [6, 6.07) is 2.25. The lowest BCUT2D eigenvalue weighted by molar-refractivity contribution is 0.0697. The minimum Gasteiger partial charge on any atom is -0.480 e. The van der Waals surface area contributed by atoms with E-state index in [-0.39, 0.29) is 12.1 Å². The normalized spacial score (nSPS) is 19.1. The van der Waals surface area contributed by atoms with Crippen LogP contribution >= 0.6 is 11.6 Å². The van der Waals surface area contributed by atoms with Crippen molar-refractivity contribution < 1.29 is 14.2 Å². The molecule has 3 rings (SSSR count). The Balaban J connectivity index is 1.86. The van der Waals surface area contributed by atoms with Crippen molar-refractivity contribution in [2.45, 2.75) is 32.3 Å². The van der Waals surface area contributed by atoms with Gasteiger partial charge in [0.25, 0.3) is 0 Å². The molecule has 1 fully saturated rings. The maximum absolute atomic E-state index is 6.38. The smallest absolute Gasteiger partial charge is 0.319 e. The first-order valence-electron chi connectivity index (χ1n) is 8.26. The zero-order valence-electron chi connectivity index (χ0n) is 14.8. The fourth-order valence-electron chi connectivity index (χ4n) is 2.80. The van der Waals surface area contributed by atoms with Crippen LogP contribution in [0.25, 0.3) is 11.3 Å². The van der Waals surface area contributed by atoms with Gasteiger partial charge < -0.3 is 14.2 Å². The number of nitrogens with zero attached hydrogens (tertiary/aromatic N) is 3. The van der Waals surface area contributed by atoms with Crippen LogP contribution in [0, 0.1) is 5.92 Å². The van der Waals surface area contributed by atoms with E-state index >= 15 is 0 Å². The molecular weight excluding hydrogens is 342 g/mol. The fourth-order valence-corrected chi connectivity index (χ4v) is 3.04. The van der Waals surface area contributed by atoms with Gasteiger partial charge in [-0.15, -0.1) is 0 Å². The first kappa shape index (κ1) is 17.9. The monoisotopic (exact) mass is 363 g/mol. The number of methoxy groups -OCH3 is 2. The van der Waals surface area contributed by atoms with Gasteiger partial charge in [-0.05, 0) is 43.7 Å². The Hall–Kier alpha value is -1.92. The largest absolute Gasteiger partial charge is 0.480 e. The molecule has 1 aliphatic carbocycles. The number of hydrogen-bond donors (Lipinski definition) is 0. The Morgan fingerprint density at radius 3 is 2.68 bits per heavy atom. The van der Waals surface area contributed by atoms with Gasteiger partial charge in [0.1, 0.15) is 0 Å². The van der Waals surface area contributed by atoms with Gasteiger partial charge >= 0.3 is 6.01 Å². The average Bonchev–Trinajstić information content (AvgIpc) is 3.39. The van der Waals surface area contributed by atoms with Gasteiger partial charge in [0.15, 0.2) is 0 Å². The summed E-state index contributed by atoms with van der Waals surface area (Å²) < 4.78 is 16.1. The summed E-state index contributed by atoms with van der Waals surface area (Å²) in [5, 5.41) is 0.675. The second kappa shape index (κ2) is 7.54. The maximum atomic E-state index is 6.38. The molecule has 0 aliphatic heterocycles. The van der Waals surface area contributed by atoms with Gasteiger partial charge in [0.2, 0.25) is 5.88 Å². The van der Waals surface area contributed by atoms with Crippen molar-refractivity contribution in [1.82, 2.24) is 15.0 Å². The van der Waals surface area contributed by atoms with Gasteiger partial charge in [0, 0.05) is 12.4 Å².